The maximum absolute atomic E-state index is 11.7. The second kappa shape index (κ2) is 7.48. The Labute approximate surface area is 119 Å². The lowest BCUT2D eigenvalue weighted by atomic mass is 10.1. The highest BCUT2D eigenvalue weighted by atomic mass is 16.5. The van der Waals surface area contributed by atoms with Crippen LogP contribution in [0.4, 0.5) is 5.69 Å². The summed E-state index contributed by atoms with van der Waals surface area (Å²) in [6, 6.07) is 5.02. The molecule has 0 heterocycles. The summed E-state index contributed by atoms with van der Waals surface area (Å²) in [7, 11) is 0. The van der Waals surface area contributed by atoms with Crippen molar-refractivity contribution in [1.82, 2.24) is 0 Å². The van der Waals surface area contributed by atoms with Crippen molar-refractivity contribution in [2.45, 2.75) is 33.6 Å². The predicted molar refractivity (Wildman–Crippen MR) is 80.3 cm³/mol. The third kappa shape index (κ3) is 4.88. The van der Waals surface area contributed by atoms with E-state index in [2.05, 4.69) is 11.9 Å². The molecule has 0 fully saturated rings. The molecule has 0 unspecified atom stereocenters. The molecule has 0 aliphatic carbocycles. The summed E-state index contributed by atoms with van der Waals surface area (Å²) in [5.74, 6) is 0.401. The highest BCUT2D eigenvalue weighted by Crippen LogP contribution is 2.27. The van der Waals surface area contributed by atoms with Gasteiger partial charge in [-0.3, -0.25) is 9.59 Å². The number of ketones is 1. The number of amides is 1. The van der Waals surface area contributed by atoms with Crippen LogP contribution in [-0.4, -0.2) is 18.3 Å². The fraction of sp³-hybridized carbons (Fsp3) is 0.375. The molecular formula is C16H21NO3. The highest BCUT2D eigenvalue weighted by molar-refractivity contribution is 5.98. The van der Waals surface area contributed by atoms with Crippen molar-refractivity contribution in [3.8, 4) is 5.75 Å². The summed E-state index contributed by atoms with van der Waals surface area (Å²) in [6.45, 7) is 9.42. The number of Topliss-reactive ketones (excluding diaryl/α,β-unsaturated/α-hetero) is 1. The maximum atomic E-state index is 11.7. The number of hydrogen-bond donors (Lipinski definition) is 1. The number of benzene rings is 1. The molecule has 20 heavy (non-hydrogen) atoms. The average Bonchev–Trinajstić information content (AvgIpc) is 2.37. The van der Waals surface area contributed by atoms with Gasteiger partial charge in [-0.15, -0.1) is 0 Å². The SMILES string of the molecule is C=C(C)COc1ccc(C(C)=O)cc1NC(=O)CCC. The van der Waals surface area contributed by atoms with E-state index in [1.165, 1.54) is 6.92 Å². The Morgan fingerprint density at radius 2 is 2.00 bits per heavy atom. The first-order chi connectivity index (χ1) is 9.43. The van der Waals surface area contributed by atoms with Crippen LogP contribution in [0.3, 0.4) is 0 Å². The van der Waals surface area contributed by atoms with Crippen molar-refractivity contribution in [2.75, 3.05) is 11.9 Å². The van der Waals surface area contributed by atoms with E-state index in [1.54, 1.807) is 18.2 Å². The van der Waals surface area contributed by atoms with Gasteiger partial charge >= 0.3 is 0 Å². The summed E-state index contributed by atoms with van der Waals surface area (Å²) >= 11 is 0. The van der Waals surface area contributed by atoms with Gasteiger partial charge in [0.25, 0.3) is 0 Å². The molecule has 0 radical (unpaired) electrons. The van der Waals surface area contributed by atoms with Crippen molar-refractivity contribution in [1.29, 1.82) is 0 Å². The van der Waals surface area contributed by atoms with Crippen LogP contribution in [0.2, 0.25) is 0 Å². The van der Waals surface area contributed by atoms with E-state index in [-0.39, 0.29) is 11.7 Å². The molecule has 1 rings (SSSR count). The van der Waals surface area contributed by atoms with Crippen LogP contribution in [0.25, 0.3) is 0 Å². The van der Waals surface area contributed by atoms with E-state index >= 15 is 0 Å². The fourth-order valence-electron chi connectivity index (χ4n) is 1.61. The second-order valence-corrected chi connectivity index (χ2v) is 4.81. The number of ether oxygens (including phenoxy) is 1. The Kier molecular flexibility index (Phi) is 5.97. The van der Waals surface area contributed by atoms with Gasteiger partial charge in [-0.25, -0.2) is 0 Å². The van der Waals surface area contributed by atoms with Gasteiger partial charge in [0.2, 0.25) is 5.91 Å². The Bertz CT molecular complexity index is 520. The van der Waals surface area contributed by atoms with Gasteiger partial charge in [-0.1, -0.05) is 13.5 Å². The number of rotatable bonds is 7. The minimum absolute atomic E-state index is 0.0533. The molecular weight excluding hydrogens is 254 g/mol. The largest absolute Gasteiger partial charge is 0.487 e. The molecule has 0 bridgehead atoms. The van der Waals surface area contributed by atoms with Crippen molar-refractivity contribution in [3.63, 3.8) is 0 Å². The van der Waals surface area contributed by atoms with E-state index in [9.17, 15) is 9.59 Å². The van der Waals surface area contributed by atoms with Crippen LogP contribution in [0.5, 0.6) is 5.75 Å². The Hall–Kier alpha value is -2.10. The average molecular weight is 275 g/mol. The van der Waals surface area contributed by atoms with Gasteiger partial charge in [0, 0.05) is 12.0 Å². The molecule has 1 N–H and O–H groups in total. The molecule has 0 atom stereocenters. The van der Waals surface area contributed by atoms with Crippen LogP contribution in [-0.2, 0) is 4.79 Å². The zero-order valence-electron chi connectivity index (χ0n) is 12.3. The summed E-state index contributed by atoms with van der Waals surface area (Å²) in [4.78, 5) is 23.1. The van der Waals surface area contributed by atoms with E-state index in [1.807, 2.05) is 13.8 Å². The zero-order valence-corrected chi connectivity index (χ0v) is 12.3. The maximum Gasteiger partial charge on any atom is 0.224 e. The first kappa shape index (κ1) is 16.0. The molecule has 1 aromatic rings. The monoisotopic (exact) mass is 275 g/mol. The third-order valence-corrected chi connectivity index (χ3v) is 2.61. The van der Waals surface area contributed by atoms with Gasteiger partial charge in [-0.05, 0) is 44.0 Å². The van der Waals surface area contributed by atoms with Crippen LogP contribution in [0.15, 0.2) is 30.4 Å². The third-order valence-electron chi connectivity index (χ3n) is 2.61. The van der Waals surface area contributed by atoms with Crippen LogP contribution in [0.1, 0.15) is 44.0 Å². The summed E-state index contributed by atoms with van der Waals surface area (Å²) in [5, 5.41) is 2.78. The van der Waals surface area contributed by atoms with Gasteiger partial charge in [-0.2, -0.15) is 0 Å². The molecule has 0 aliphatic heterocycles. The zero-order chi connectivity index (χ0) is 15.1. The van der Waals surface area contributed by atoms with E-state index in [0.717, 1.165) is 12.0 Å². The van der Waals surface area contributed by atoms with Crippen LogP contribution < -0.4 is 10.1 Å². The predicted octanol–water partition coefficient (Wildman–Crippen LogP) is 3.58. The lowest BCUT2D eigenvalue weighted by Crippen LogP contribution is -2.13. The molecule has 0 aliphatic rings. The fourth-order valence-corrected chi connectivity index (χ4v) is 1.61. The van der Waals surface area contributed by atoms with Crippen molar-refractivity contribution in [2.24, 2.45) is 0 Å². The topological polar surface area (TPSA) is 55.4 Å². The molecule has 4 nitrogen and oxygen atoms in total. The number of carbonyl (C=O) groups excluding carboxylic acids is 2. The molecule has 0 aromatic heterocycles. The van der Waals surface area contributed by atoms with Gasteiger partial charge < -0.3 is 10.1 Å². The van der Waals surface area contributed by atoms with Crippen LogP contribution in [0, 0.1) is 0 Å². The molecule has 4 heteroatoms. The van der Waals surface area contributed by atoms with Crippen molar-refractivity contribution < 1.29 is 14.3 Å². The van der Waals surface area contributed by atoms with E-state index in [0.29, 0.717) is 30.0 Å². The number of hydrogen-bond acceptors (Lipinski definition) is 3. The Morgan fingerprint density at radius 1 is 1.30 bits per heavy atom. The minimum atomic E-state index is -0.0895. The summed E-state index contributed by atoms with van der Waals surface area (Å²) < 4.78 is 5.59. The number of anilines is 1. The first-order valence-electron chi connectivity index (χ1n) is 6.66. The van der Waals surface area contributed by atoms with Crippen molar-refractivity contribution in [3.05, 3.63) is 35.9 Å². The standard InChI is InChI=1S/C16H21NO3/c1-5-6-16(19)17-14-9-13(12(4)18)7-8-15(14)20-10-11(2)3/h7-9H,2,5-6,10H2,1,3-4H3,(H,17,19). The van der Waals surface area contributed by atoms with Gasteiger partial charge in [0.1, 0.15) is 12.4 Å². The quantitative estimate of drug-likeness (QED) is 0.611. The van der Waals surface area contributed by atoms with Crippen molar-refractivity contribution >= 4 is 17.4 Å². The highest BCUT2D eigenvalue weighted by Gasteiger charge is 2.10. The number of nitrogens with one attached hydrogen (secondary N) is 1. The Balaban J connectivity index is 2.99. The first-order valence-corrected chi connectivity index (χ1v) is 6.66. The molecule has 0 saturated carbocycles. The summed E-state index contributed by atoms with van der Waals surface area (Å²) in [5.41, 5.74) is 1.95. The van der Waals surface area contributed by atoms with Gasteiger partial charge in [0.05, 0.1) is 5.69 Å². The molecule has 1 amide bonds. The summed E-state index contributed by atoms with van der Waals surface area (Å²) in [6.07, 6.45) is 1.20. The van der Waals surface area contributed by atoms with E-state index in [4.69, 9.17) is 4.74 Å². The molecule has 108 valence electrons. The second-order valence-electron chi connectivity index (χ2n) is 4.81. The smallest absolute Gasteiger partial charge is 0.224 e. The minimum Gasteiger partial charge on any atom is -0.487 e. The lowest BCUT2D eigenvalue weighted by molar-refractivity contribution is -0.116. The van der Waals surface area contributed by atoms with E-state index < -0.39 is 0 Å². The molecule has 1 aromatic carbocycles. The molecule has 0 saturated heterocycles. The Morgan fingerprint density at radius 3 is 2.55 bits per heavy atom. The normalized spacial score (nSPS) is 9.95. The van der Waals surface area contributed by atoms with Gasteiger partial charge in [0.15, 0.2) is 5.78 Å². The lowest BCUT2D eigenvalue weighted by Gasteiger charge is -2.13. The van der Waals surface area contributed by atoms with Crippen LogP contribution >= 0.6 is 0 Å². The number of carbonyl (C=O) groups is 2. The molecule has 0 spiro atoms.